The molecule has 0 amide bonds. The average molecular weight is 257 g/mol. The highest BCUT2D eigenvalue weighted by Gasteiger charge is 2.08. The minimum absolute atomic E-state index is 0.0864. The van der Waals surface area contributed by atoms with Gasteiger partial charge >= 0.3 is 5.97 Å². The molecule has 84 valence electrons. The molecule has 0 saturated carbocycles. The maximum absolute atomic E-state index is 13.3. The zero-order valence-electron chi connectivity index (χ0n) is 8.14. The number of aromatic nitrogens is 1. The number of thiazole rings is 1. The van der Waals surface area contributed by atoms with E-state index in [2.05, 4.69) is 4.98 Å². The van der Waals surface area contributed by atoms with Crippen LogP contribution in [-0.4, -0.2) is 21.8 Å². The summed E-state index contributed by atoms with van der Waals surface area (Å²) in [4.78, 5) is 14.4. The van der Waals surface area contributed by atoms with Crippen molar-refractivity contribution in [2.75, 3.05) is 5.75 Å². The van der Waals surface area contributed by atoms with Crippen molar-refractivity contribution >= 4 is 39.3 Å². The summed E-state index contributed by atoms with van der Waals surface area (Å²) in [6, 6.07) is 4.81. The molecule has 0 aliphatic carbocycles. The van der Waals surface area contributed by atoms with E-state index in [0.29, 0.717) is 15.6 Å². The fourth-order valence-electron chi connectivity index (χ4n) is 1.18. The second kappa shape index (κ2) is 4.80. The minimum atomic E-state index is -0.834. The lowest BCUT2D eigenvalue weighted by Crippen LogP contribution is -1.95. The van der Waals surface area contributed by atoms with Crippen molar-refractivity contribution in [2.45, 2.75) is 10.8 Å². The number of hydrogen-bond donors (Lipinski definition) is 1. The summed E-state index contributed by atoms with van der Waals surface area (Å²) in [5.41, 5.74) is 0.366. The van der Waals surface area contributed by atoms with Gasteiger partial charge in [0.05, 0.1) is 11.1 Å². The van der Waals surface area contributed by atoms with Gasteiger partial charge in [0.2, 0.25) is 0 Å². The quantitative estimate of drug-likeness (QED) is 0.855. The fraction of sp³-hybridized carbons (Fsp3) is 0.200. The van der Waals surface area contributed by atoms with Crippen LogP contribution in [-0.2, 0) is 4.79 Å². The van der Waals surface area contributed by atoms with Gasteiger partial charge in [-0.15, -0.1) is 11.3 Å². The Kier molecular flexibility index (Phi) is 3.40. The predicted octanol–water partition coefficient (Wildman–Crippen LogP) is 3.00. The van der Waals surface area contributed by atoms with Gasteiger partial charge in [0.25, 0.3) is 0 Å². The number of rotatable bonds is 4. The minimum Gasteiger partial charge on any atom is -0.481 e. The Morgan fingerprint density at radius 2 is 2.38 bits per heavy atom. The van der Waals surface area contributed by atoms with Crippen LogP contribution in [0.5, 0.6) is 0 Å². The van der Waals surface area contributed by atoms with Gasteiger partial charge in [-0.25, -0.2) is 9.37 Å². The number of benzene rings is 1. The van der Waals surface area contributed by atoms with Crippen molar-refractivity contribution in [2.24, 2.45) is 0 Å². The third-order valence-electron chi connectivity index (χ3n) is 1.89. The molecule has 1 heterocycles. The van der Waals surface area contributed by atoms with Crippen molar-refractivity contribution in [1.82, 2.24) is 4.98 Å². The van der Waals surface area contributed by atoms with E-state index in [9.17, 15) is 9.18 Å². The number of para-hydroxylation sites is 1. The molecule has 6 heteroatoms. The number of thioether (sulfide) groups is 1. The van der Waals surface area contributed by atoms with Crippen LogP contribution in [0.15, 0.2) is 22.5 Å². The Morgan fingerprint density at radius 3 is 3.06 bits per heavy atom. The van der Waals surface area contributed by atoms with Crippen LogP contribution in [0.25, 0.3) is 10.2 Å². The van der Waals surface area contributed by atoms with E-state index in [1.54, 1.807) is 12.1 Å². The smallest absolute Gasteiger partial charge is 0.304 e. The molecule has 16 heavy (non-hydrogen) atoms. The summed E-state index contributed by atoms with van der Waals surface area (Å²) in [5.74, 6) is -0.713. The van der Waals surface area contributed by atoms with E-state index < -0.39 is 5.97 Å². The first-order chi connectivity index (χ1) is 7.66. The highest BCUT2D eigenvalue weighted by atomic mass is 32.2. The molecule has 0 radical (unpaired) electrons. The molecule has 0 bridgehead atoms. The Bertz CT molecular complexity index is 527. The number of carbonyl (C=O) groups is 1. The average Bonchev–Trinajstić information content (AvgIpc) is 2.61. The van der Waals surface area contributed by atoms with Crippen LogP contribution < -0.4 is 0 Å². The Balaban J connectivity index is 2.14. The van der Waals surface area contributed by atoms with E-state index in [1.165, 1.54) is 29.2 Å². The van der Waals surface area contributed by atoms with E-state index >= 15 is 0 Å². The number of carboxylic acid groups (broad SMARTS) is 1. The molecule has 0 aliphatic rings. The van der Waals surface area contributed by atoms with Crippen molar-refractivity contribution < 1.29 is 14.3 Å². The zero-order valence-corrected chi connectivity index (χ0v) is 9.78. The zero-order chi connectivity index (χ0) is 11.5. The lowest BCUT2D eigenvalue weighted by Gasteiger charge is -1.91. The maximum Gasteiger partial charge on any atom is 0.304 e. The summed E-state index contributed by atoms with van der Waals surface area (Å²) in [6.45, 7) is 0. The molecule has 1 aromatic heterocycles. The van der Waals surface area contributed by atoms with E-state index in [1.807, 2.05) is 0 Å². The lowest BCUT2D eigenvalue weighted by molar-refractivity contribution is -0.136. The molecule has 0 saturated heterocycles. The summed E-state index contributed by atoms with van der Waals surface area (Å²) >= 11 is 2.73. The number of nitrogens with zero attached hydrogens (tertiary/aromatic N) is 1. The largest absolute Gasteiger partial charge is 0.481 e. The molecule has 0 aliphatic heterocycles. The third-order valence-corrected chi connectivity index (χ3v) is 4.06. The monoisotopic (exact) mass is 257 g/mol. The number of aliphatic carboxylic acids is 1. The van der Waals surface area contributed by atoms with E-state index in [0.717, 1.165) is 4.70 Å². The van der Waals surface area contributed by atoms with Gasteiger partial charge in [0, 0.05) is 5.75 Å². The Hall–Kier alpha value is -1.14. The van der Waals surface area contributed by atoms with Gasteiger partial charge in [-0.3, -0.25) is 4.79 Å². The number of halogens is 1. The molecule has 0 spiro atoms. The fourth-order valence-corrected chi connectivity index (χ4v) is 3.26. The summed E-state index contributed by atoms with van der Waals surface area (Å²) in [7, 11) is 0. The van der Waals surface area contributed by atoms with Crippen LogP contribution in [0, 0.1) is 5.82 Å². The molecule has 0 fully saturated rings. The second-order valence-electron chi connectivity index (χ2n) is 3.06. The molecular weight excluding hydrogens is 249 g/mol. The van der Waals surface area contributed by atoms with Crippen LogP contribution in [0.3, 0.4) is 0 Å². The molecule has 3 nitrogen and oxygen atoms in total. The first-order valence-corrected chi connectivity index (χ1v) is 6.36. The van der Waals surface area contributed by atoms with Crippen molar-refractivity contribution in [3.05, 3.63) is 24.0 Å². The van der Waals surface area contributed by atoms with Crippen LogP contribution in [0.4, 0.5) is 4.39 Å². The van der Waals surface area contributed by atoms with Crippen LogP contribution in [0.1, 0.15) is 6.42 Å². The molecule has 1 aromatic carbocycles. The lowest BCUT2D eigenvalue weighted by atomic mass is 10.3. The van der Waals surface area contributed by atoms with Crippen molar-refractivity contribution in [1.29, 1.82) is 0 Å². The highest BCUT2D eigenvalue weighted by molar-refractivity contribution is 8.01. The van der Waals surface area contributed by atoms with Gasteiger partial charge < -0.3 is 5.11 Å². The number of carboxylic acids is 1. The molecule has 2 aromatic rings. The SMILES string of the molecule is O=C(O)CCSc1nc2c(F)cccc2s1. The second-order valence-corrected chi connectivity index (χ2v) is 5.43. The van der Waals surface area contributed by atoms with Crippen LogP contribution >= 0.6 is 23.1 Å². The van der Waals surface area contributed by atoms with Gasteiger partial charge in [0.15, 0.2) is 4.34 Å². The molecule has 0 atom stereocenters. The van der Waals surface area contributed by atoms with Crippen molar-refractivity contribution in [3.63, 3.8) is 0 Å². The van der Waals surface area contributed by atoms with Crippen molar-refractivity contribution in [3.8, 4) is 0 Å². The van der Waals surface area contributed by atoms with E-state index in [-0.39, 0.29) is 12.2 Å². The number of fused-ring (bicyclic) bond motifs is 1. The molecule has 1 N–H and O–H groups in total. The van der Waals surface area contributed by atoms with Gasteiger partial charge in [-0.05, 0) is 12.1 Å². The standard InChI is InChI=1S/C10H8FNO2S2/c11-6-2-1-3-7-9(6)12-10(16-7)15-5-4-8(13)14/h1-3H,4-5H2,(H,13,14). The third kappa shape index (κ3) is 2.51. The first-order valence-electron chi connectivity index (χ1n) is 4.56. The normalized spacial score (nSPS) is 10.8. The maximum atomic E-state index is 13.3. The summed E-state index contributed by atoms with van der Waals surface area (Å²) in [6.07, 6.45) is 0.0864. The summed E-state index contributed by atoms with van der Waals surface area (Å²) in [5, 5.41) is 8.49. The molecule has 2 rings (SSSR count). The van der Waals surface area contributed by atoms with Crippen LogP contribution in [0.2, 0.25) is 0 Å². The van der Waals surface area contributed by atoms with E-state index in [4.69, 9.17) is 5.11 Å². The first kappa shape index (κ1) is 11.3. The predicted molar refractivity (Wildman–Crippen MR) is 62.6 cm³/mol. The number of hydrogen-bond acceptors (Lipinski definition) is 4. The Morgan fingerprint density at radius 1 is 1.56 bits per heavy atom. The van der Waals surface area contributed by atoms with Gasteiger partial charge in [-0.2, -0.15) is 0 Å². The summed E-state index contributed by atoms with van der Waals surface area (Å²) < 4.78 is 14.8. The molecular formula is C10H8FNO2S2. The highest BCUT2D eigenvalue weighted by Crippen LogP contribution is 2.30. The Labute approximate surface area is 99.3 Å². The topological polar surface area (TPSA) is 50.2 Å². The van der Waals surface area contributed by atoms with Gasteiger partial charge in [0.1, 0.15) is 11.3 Å². The molecule has 0 unspecified atom stereocenters. The van der Waals surface area contributed by atoms with Gasteiger partial charge in [-0.1, -0.05) is 17.8 Å².